The van der Waals surface area contributed by atoms with Crippen molar-refractivity contribution in [3.63, 3.8) is 0 Å². The quantitative estimate of drug-likeness (QED) is 0.321. The van der Waals surface area contributed by atoms with Gasteiger partial charge < -0.3 is 10.2 Å². The first-order chi connectivity index (χ1) is 18.0. The van der Waals surface area contributed by atoms with Gasteiger partial charge in [0, 0.05) is 24.1 Å². The Balaban J connectivity index is 1.48. The Morgan fingerprint density at radius 2 is 1.74 bits per heavy atom. The van der Waals surface area contributed by atoms with E-state index in [1.54, 1.807) is 26.0 Å². The standard InChI is InChI=1S/C28H29F3N6O/c1-5-27(6-2)15-36(16-27)23-13-9-12-22(33-23)34-26(38)24-18(4)32-25-17(3)14-21(35-37(24)25)19-10-7-8-11-20(19)28(29,30)31/h7-14H,5-6,15-16H2,1-4H3,(H,33,34,38). The Kier molecular flexibility index (Phi) is 6.36. The van der Waals surface area contributed by atoms with Gasteiger partial charge in [-0.25, -0.2) is 14.5 Å². The zero-order valence-corrected chi connectivity index (χ0v) is 21.7. The van der Waals surface area contributed by atoms with Crippen molar-refractivity contribution in [2.24, 2.45) is 5.41 Å². The summed E-state index contributed by atoms with van der Waals surface area (Å²) in [7, 11) is 0. The van der Waals surface area contributed by atoms with Gasteiger partial charge in [-0.1, -0.05) is 38.1 Å². The molecule has 1 amide bonds. The van der Waals surface area contributed by atoms with Crippen LogP contribution in [-0.4, -0.2) is 38.6 Å². The number of aryl methyl sites for hydroxylation is 2. The van der Waals surface area contributed by atoms with Crippen LogP contribution in [0, 0.1) is 19.3 Å². The molecule has 1 fully saturated rings. The van der Waals surface area contributed by atoms with E-state index in [1.807, 2.05) is 12.1 Å². The number of hydrogen-bond acceptors (Lipinski definition) is 5. The highest BCUT2D eigenvalue weighted by molar-refractivity contribution is 6.04. The lowest BCUT2D eigenvalue weighted by Gasteiger charge is -2.50. The summed E-state index contributed by atoms with van der Waals surface area (Å²) < 4.78 is 42.4. The molecular formula is C28H29F3N6O. The number of nitrogens with one attached hydrogen (secondary N) is 1. The molecule has 1 aliphatic heterocycles. The predicted molar refractivity (Wildman–Crippen MR) is 140 cm³/mol. The van der Waals surface area contributed by atoms with Crippen molar-refractivity contribution in [1.82, 2.24) is 19.6 Å². The van der Waals surface area contributed by atoms with Crippen LogP contribution in [0.1, 0.15) is 54.0 Å². The summed E-state index contributed by atoms with van der Waals surface area (Å²) in [6, 6.07) is 12.3. The molecule has 3 aromatic heterocycles. The number of benzene rings is 1. The minimum Gasteiger partial charge on any atom is -0.355 e. The van der Waals surface area contributed by atoms with E-state index >= 15 is 0 Å². The first-order valence-electron chi connectivity index (χ1n) is 12.6. The molecule has 0 aliphatic carbocycles. The fraction of sp³-hybridized carbons (Fsp3) is 0.357. The van der Waals surface area contributed by atoms with Crippen molar-refractivity contribution in [2.75, 3.05) is 23.3 Å². The number of pyridine rings is 1. The van der Waals surface area contributed by atoms with Crippen LogP contribution < -0.4 is 10.2 Å². The van der Waals surface area contributed by atoms with Gasteiger partial charge in [0.2, 0.25) is 0 Å². The van der Waals surface area contributed by atoms with E-state index in [0.717, 1.165) is 37.8 Å². The monoisotopic (exact) mass is 522 g/mol. The Hall–Kier alpha value is -3.95. The summed E-state index contributed by atoms with van der Waals surface area (Å²) >= 11 is 0. The Labute approximate surface area is 218 Å². The van der Waals surface area contributed by atoms with Gasteiger partial charge in [0.25, 0.3) is 5.91 Å². The van der Waals surface area contributed by atoms with Crippen molar-refractivity contribution >= 4 is 23.2 Å². The molecule has 4 heterocycles. The first-order valence-corrected chi connectivity index (χ1v) is 12.6. The van der Waals surface area contributed by atoms with E-state index in [1.165, 1.54) is 22.7 Å². The van der Waals surface area contributed by atoms with Gasteiger partial charge in [-0.05, 0) is 56.5 Å². The molecule has 4 aromatic rings. The molecule has 10 heteroatoms. The second-order valence-electron chi connectivity index (χ2n) is 9.94. The van der Waals surface area contributed by atoms with Gasteiger partial charge in [-0.3, -0.25) is 4.79 Å². The second kappa shape index (κ2) is 9.41. The third kappa shape index (κ3) is 4.48. The molecule has 7 nitrogen and oxygen atoms in total. The number of carbonyl (C=O) groups is 1. The molecule has 0 spiro atoms. The number of anilines is 2. The molecule has 5 rings (SSSR count). The van der Waals surface area contributed by atoms with Crippen LogP contribution in [0.2, 0.25) is 0 Å². The molecular weight excluding hydrogens is 493 g/mol. The number of imidazole rings is 1. The van der Waals surface area contributed by atoms with Crippen molar-refractivity contribution in [1.29, 1.82) is 0 Å². The van der Waals surface area contributed by atoms with Crippen molar-refractivity contribution in [3.05, 3.63) is 71.0 Å². The highest BCUT2D eigenvalue weighted by Gasteiger charge is 2.40. The average Bonchev–Trinajstić information content (AvgIpc) is 3.20. The summed E-state index contributed by atoms with van der Waals surface area (Å²) in [4.78, 5) is 24.7. The number of hydrogen-bond donors (Lipinski definition) is 1. The fourth-order valence-corrected chi connectivity index (χ4v) is 5.09. The SMILES string of the molecule is CCC1(CC)CN(c2cccc(NC(=O)c3c(C)nc4c(C)cc(-c5ccccc5C(F)(F)F)nn34)n2)C1. The average molecular weight is 523 g/mol. The van der Waals surface area contributed by atoms with Gasteiger partial charge in [-0.15, -0.1) is 0 Å². The Bertz CT molecular complexity index is 1520. The maximum atomic E-state index is 13.7. The number of alkyl halides is 3. The van der Waals surface area contributed by atoms with Crippen LogP contribution in [-0.2, 0) is 6.18 Å². The molecule has 198 valence electrons. The van der Waals surface area contributed by atoms with E-state index < -0.39 is 17.6 Å². The lowest BCUT2D eigenvalue weighted by Crippen LogP contribution is -2.56. The third-order valence-electron chi connectivity index (χ3n) is 7.52. The van der Waals surface area contributed by atoms with Crippen LogP contribution in [0.5, 0.6) is 0 Å². The van der Waals surface area contributed by atoms with E-state index in [0.29, 0.717) is 28.1 Å². The van der Waals surface area contributed by atoms with Crippen LogP contribution in [0.4, 0.5) is 24.8 Å². The third-order valence-corrected chi connectivity index (χ3v) is 7.52. The summed E-state index contributed by atoms with van der Waals surface area (Å²) in [5.74, 6) is 0.672. The molecule has 0 atom stereocenters. The minimum atomic E-state index is -4.55. The summed E-state index contributed by atoms with van der Waals surface area (Å²) in [5.41, 5.74) is 1.10. The zero-order valence-electron chi connectivity index (χ0n) is 21.7. The van der Waals surface area contributed by atoms with Crippen molar-refractivity contribution in [2.45, 2.75) is 46.7 Å². The lowest BCUT2D eigenvalue weighted by molar-refractivity contribution is -0.137. The molecule has 0 unspecified atom stereocenters. The molecule has 1 N–H and O–H groups in total. The topological polar surface area (TPSA) is 75.4 Å². The Morgan fingerprint density at radius 3 is 2.42 bits per heavy atom. The largest absolute Gasteiger partial charge is 0.417 e. The molecule has 0 bridgehead atoms. The smallest absolute Gasteiger partial charge is 0.355 e. The van der Waals surface area contributed by atoms with Crippen LogP contribution in [0.15, 0.2) is 48.5 Å². The first kappa shape index (κ1) is 25.7. The summed E-state index contributed by atoms with van der Waals surface area (Å²) in [5, 5.41) is 7.26. The van der Waals surface area contributed by atoms with Crippen molar-refractivity contribution < 1.29 is 18.0 Å². The van der Waals surface area contributed by atoms with Gasteiger partial charge in [0.1, 0.15) is 11.6 Å². The zero-order chi connectivity index (χ0) is 27.2. The summed E-state index contributed by atoms with van der Waals surface area (Å²) in [6.45, 7) is 9.64. The number of nitrogens with zero attached hydrogens (tertiary/aromatic N) is 5. The van der Waals surface area contributed by atoms with E-state index in [-0.39, 0.29) is 17.0 Å². The van der Waals surface area contributed by atoms with Gasteiger partial charge >= 0.3 is 6.18 Å². The number of aromatic nitrogens is 4. The van der Waals surface area contributed by atoms with Crippen LogP contribution >= 0.6 is 0 Å². The number of halogens is 3. The molecule has 1 aromatic carbocycles. The lowest BCUT2D eigenvalue weighted by atomic mass is 9.75. The maximum Gasteiger partial charge on any atom is 0.417 e. The predicted octanol–water partition coefficient (Wildman–Crippen LogP) is 6.31. The van der Waals surface area contributed by atoms with E-state index in [4.69, 9.17) is 0 Å². The number of carbonyl (C=O) groups excluding carboxylic acids is 1. The maximum absolute atomic E-state index is 13.7. The minimum absolute atomic E-state index is 0.0677. The highest BCUT2D eigenvalue weighted by atomic mass is 19.4. The highest BCUT2D eigenvalue weighted by Crippen LogP contribution is 2.39. The number of fused-ring (bicyclic) bond motifs is 1. The van der Waals surface area contributed by atoms with Crippen LogP contribution in [0.3, 0.4) is 0 Å². The molecule has 1 aliphatic rings. The van der Waals surface area contributed by atoms with Crippen LogP contribution in [0.25, 0.3) is 16.9 Å². The van der Waals surface area contributed by atoms with Crippen molar-refractivity contribution in [3.8, 4) is 11.3 Å². The molecule has 1 saturated heterocycles. The normalized spacial score (nSPS) is 15.0. The summed E-state index contributed by atoms with van der Waals surface area (Å²) in [6.07, 6.45) is -2.34. The number of amides is 1. The molecule has 0 radical (unpaired) electrons. The van der Waals surface area contributed by atoms with E-state index in [9.17, 15) is 18.0 Å². The number of rotatable bonds is 6. The Morgan fingerprint density at radius 1 is 1.03 bits per heavy atom. The van der Waals surface area contributed by atoms with E-state index in [2.05, 4.69) is 39.1 Å². The van der Waals surface area contributed by atoms with Gasteiger partial charge in [-0.2, -0.15) is 18.3 Å². The molecule has 38 heavy (non-hydrogen) atoms. The van der Waals surface area contributed by atoms with Gasteiger partial charge in [0.15, 0.2) is 11.3 Å². The second-order valence-corrected chi connectivity index (χ2v) is 9.94. The molecule has 0 saturated carbocycles. The van der Waals surface area contributed by atoms with Gasteiger partial charge in [0.05, 0.1) is 17.0 Å². The fourth-order valence-electron chi connectivity index (χ4n) is 5.09.